The van der Waals surface area contributed by atoms with Crippen LogP contribution in [0.4, 0.5) is 16.2 Å². The van der Waals surface area contributed by atoms with Crippen molar-refractivity contribution >= 4 is 29.3 Å². The van der Waals surface area contributed by atoms with E-state index < -0.39 is 23.6 Å². The predicted molar refractivity (Wildman–Crippen MR) is 113 cm³/mol. The summed E-state index contributed by atoms with van der Waals surface area (Å²) >= 11 is 0. The van der Waals surface area contributed by atoms with Gasteiger partial charge in [-0.25, -0.2) is 4.79 Å². The number of nitrogens with one attached hydrogen (secondary N) is 3. The first-order valence-corrected chi connectivity index (χ1v) is 9.43. The fourth-order valence-corrected chi connectivity index (χ4v) is 2.49. The lowest BCUT2D eigenvalue weighted by Gasteiger charge is -2.23. The normalized spacial score (nSPS) is 11.8. The molecule has 0 aromatic heterocycles. The highest BCUT2D eigenvalue weighted by Crippen LogP contribution is 2.12. The number of rotatable bonds is 7. The zero-order valence-corrected chi connectivity index (χ0v) is 16.9. The molecule has 0 spiro atoms. The molecule has 3 N–H and O–H groups in total. The summed E-state index contributed by atoms with van der Waals surface area (Å²) in [5, 5.41) is 8.07. The Balaban J connectivity index is 1.99. The molecule has 2 rings (SSSR count). The van der Waals surface area contributed by atoms with Crippen molar-refractivity contribution in [2.24, 2.45) is 0 Å². The molecule has 7 heteroatoms. The van der Waals surface area contributed by atoms with Crippen LogP contribution in [0.1, 0.15) is 33.6 Å². The molecule has 2 aromatic carbocycles. The molecule has 0 saturated heterocycles. The Kier molecular flexibility index (Phi) is 7.77. The minimum absolute atomic E-state index is 0.0531. The highest BCUT2D eigenvalue weighted by atomic mass is 16.6. The number of hydrogen-bond donors (Lipinski definition) is 3. The fourth-order valence-electron chi connectivity index (χ4n) is 2.49. The van der Waals surface area contributed by atoms with Crippen LogP contribution in [-0.4, -0.2) is 29.6 Å². The molecule has 0 unspecified atom stereocenters. The summed E-state index contributed by atoms with van der Waals surface area (Å²) in [5.41, 5.74) is 0.569. The molecule has 0 aliphatic rings. The number of alkyl carbamates (subject to hydrolysis) is 1. The second-order valence-electron chi connectivity index (χ2n) is 7.51. The van der Waals surface area contributed by atoms with Crippen LogP contribution in [0.5, 0.6) is 0 Å². The van der Waals surface area contributed by atoms with E-state index in [1.165, 1.54) is 0 Å². The Morgan fingerprint density at radius 1 is 0.862 bits per heavy atom. The van der Waals surface area contributed by atoms with Gasteiger partial charge in [-0.3, -0.25) is 9.59 Å². The highest BCUT2D eigenvalue weighted by Gasteiger charge is 2.25. The molecule has 0 aliphatic heterocycles. The molecule has 1 atom stereocenters. The Morgan fingerprint density at radius 2 is 1.38 bits per heavy atom. The standard InChI is InChI=1S/C22H27N3O4/c1-22(2,3)29-21(28)25-18(20(27)24-17-12-8-5-9-13-17)14-15-19(26)23-16-10-6-4-7-11-16/h4-13,18H,14-15H2,1-3H3,(H,23,26)(H,24,27)(H,25,28)/t18-/m0/s1. The van der Waals surface area contributed by atoms with Crippen molar-refractivity contribution in [3.05, 3.63) is 60.7 Å². The lowest BCUT2D eigenvalue weighted by Crippen LogP contribution is -2.46. The van der Waals surface area contributed by atoms with Crippen molar-refractivity contribution in [1.29, 1.82) is 0 Å². The number of carbonyl (C=O) groups excluding carboxylic acids is 3. The van der Waals surface area contributed by atoms with E-state index in [0.29, 0.717) is 11.4 Å². The number of para-hydroxylation sites is 2. The van der Waals surface area contributed by atoms with Crippen molar-refractivity contribution in [1.82, 2.24) is 5.32 Å². The van der Waals surface area contributed by atoms with Gasteiger partial charge >= 0.3 is 6.09 Å². The van der Waals surface area contributed by atoms with Crippen LogP contribution in [-0.2, 0) is 14.3 Å². The third kappa shape index (κ3) is 8.47. The van der Waals surface area contributed by atoms with Gasteiger partial charge in [0.25, 0.3) is 0 Å². The van der Waals surface area contributed by atoms with Crippen LogP contribution < -0.4 is 16.0 Å². The first-order chi connectivity index (χ1) is 13.7. The molecule has 7 nitrogen and oxygen atoms in total. The Bertz CT molecular complexity index is 817. The van der Waals surface area contributed by atoms with Crippen LogP contribution in [0.15, 0.2) is 60.7 Å². The van der Waals surface area contributed by atoms with E-state index in [4.69, 9.17) is 4.74 Å². The average Bonchev–Trinajstić information content (AvgIpc) is 2.65. The SMILES string of the molecule is CC(C)(C)OC(=O)N[C@@H](CCC(=O)Nc1ccccc1)C(=O)Nc1ccccc1. The molecule has 29 heavy (non-hydrogen) atoms. The van der Waals surface area contributed by atoms with Crippen LogP contribution >= 0.6 is 0 Å². The van der Waals surface area contributed by atoms with Crippen molar-refractivity contribution in [3.63, 3.8) is 0 Å². The van der Waals surface area contributed by atoms with Crippen LogP contribution in [0.2, 0.25) is 0 Å². The van der Waals surface area contributed by atoms with Gasteiger partial charge in [-0.1, -0.05) is 36.4 Å². The Labute approximate surface area is 170 Å². The lowest BCUT2D eigenvalue weighted by atomic mass is 10.1. The fraction of sp³-hybridized carbons (Fsp3) is 0.318. The molecular formula is C22H27N3O4. The maximum Gasteiger partial charge on any atom is 0.408 e. The first kappa shape index (κ1) is 21.9. The molecule has 2 aromatic rings. The van der Waals surface area contributed by atoms with E-state index in [1.807, 2.05) is 24.3 Å². The summed E-state index contributed by atoms with van der Waals surface area (Å²) in [5.74, 6) is -0.672. The number of anilines is 2. The van der Waals surface area contributed by atoms with Crippen molar-refractivity contribution in [2.45, 2.75) is 45.3 Å². The van der Waals surface area contributed by atoms with Crippen molar-refractivity contribution in [3.8, 4) is 0 Å². The van der Waals surface area contributed by atoms with Gasteiger partial charge in [0.2, 0.25) is 11.8 Å². The number of amides is 3. The van der Waals surface area contributed by atoms with Gasteiger partial charge in [0, 0.05) is 17.8 Å². The molecule has 0 fully saturated rings. The van der Waals surface area contributed by atoms with E-state index in [9.17, 15) is 14.4 Å². The average molecular weight is 397 g/mol. The van der Waals surface area contributed by atoms with Gasteiger partial charge < -0.3 is 20.7 Å². The number of hydrogen-bond acceptors (Lipinski definition) is 4. The van der Waals surface area contributed by atoms with Gasteiger partial charge in [-0.15, -0.1) is 0 Å². The molecule has 0 heterocycles. The summed E-state index contributed by atoms with van der Waals surface area (Å²) in [6, 6.07) is 17.0. The van der Waals surface area contributed by atoms with Crippen LogP contribution in [0.25, 0.3) is 0 Å². The smallest absolute Gasteiger partial charge is 0.408 e. The Morgan fingerprint density at radius 3 is 1.90 bits per heavy atom. The second kappa shape index (κ2) is 10.3. The minimum atomic E-state index is -0.924. The van der Waals surface area contributed by atoms with Gasteiger partial charge in [0.1, 0.15) is 11.6 Å². The van der Waals surface area contributed by atoms with Crippen molar-refractivity contribution < 1.29 is 19.1 Å². The number of carbonyl (C=O) groups is 3. The summed E-state index contributed by atoms with van der Waals surface area (Å²) in [6.45, 7) is 5.21. The zero-order valence-electron chi connectivity index (χ0n) is 16.9. The molecule has 0 bridgehead atoms. The van der Waals surface area contributed by atoms with E-state index in [2.05, 4.69) is 16.0 Å². The largest absolute Gasteiger partial charge is 0.444 e. The summed E-state index contributed by atoms with van der Waals surface area (Å²) in [4.78, 5) is 37.0. The second-order valence-corrected chi connectivity index (χ2v) is 7.51. The molecule has 0 aliphatic carbocycles. The van der Waals surface area contributed by atoms with Gasteiger partial charge in [-0.05, 0) is 51.5 Å². The molecule has 154 valence electrons. The molecule has 0 saturated carbocycles. The Hall–Kier alpha value is -3.35. The maximum atomic E-state index is 12.7. The predicted octanol–water partition coefficient (Wildman–Crippen LogP) is 3.94. The number of ether oxygens (including phenoxy) is 1. The van der Waals surface area contributed by atoms with E-state index in [1.54, 1.807) is 57.2 Å². The molecule has 0 radical (unpaired) electrons. The van der Waals surface area contributed by atoms with E-state index >= 15 is 0 Å². The number of benzene rings is 2. The lowest BCUT2D eigenvalue weighted by molar-refractivity contribution is -0.119. The van der Waals surface area contributed by atoms with Crippen LogP contribution in [0.3, 0.4) is 0 Å². The quantitative estimate of drug-likeness (QED) is 0.659. The highest BCUT2D eigenvalue weighted by molar-refractivity contribution is 5.97. The van der Waals surface area contributed by atoms with E-state index in [0.717, 1.165) is 0 Å². The third-order valence-corrected chi connectivity index (χ3v) is 3.77. The van der Waals surface area contributed by atoms with Gasteiger partial charge in [0.15, 0.2) is 0 Å². The third-order valence-electron chi connectivity index (χ3n) is 3.77. The maximum absolute atomic E-state index is 12.7. The van der Waals surface area contributed by atoms with Crippen LogP contribution in [0, 0.1) is 0 Å². The summed E-state index contributed by atoms with van der Waals surface area (Å²) in [6.07, 6.45) is -0.539. The zero-order chi connectivity index (χ0) is 21.3. The summed E-state index contributed by atoms with van der Waals surface area (Å²) < 4.78 is 5.24. The van der Waals surface area contributed by atoms with Crippen molar-refractivity contribution in [2.75, 3.05) is 10.6 Å². The molecular weight excluding hydrogens is 370 g/mol. The minimum Gasteiger partial charge on any atom is -0.444 e. The van der Waals surface area contributed by atoms with E-state index in [-0.39, 0.29) is 18.7 Å². The van der Waals surface area contributed by atoms with Gasteiger partial charge in [-0.2, -0.15) is 0 Å². The topological polar surface area (TPSA) is 96.5 Å². The molecule has 3 amide bonds. The summed E-state index contributed by atoms with van der Waals surface area (Å²) in [7, 11) is 0. The first-order valence-electron chi connectivity index (χ1n) is 9.43. The monoisotopic (exact) mass is 397 g/mol. The van der Waals surface area contributed by atoms with Gasteiger partial charge in [0.05, 0.1) is 0 Å².